The molecule has 0 bridgehead atoms. The third-order valence-corrected chi connectivity index (χ3v) is 4.29. The van der Waals surface area contributed by atoms with Crippen LogP contribution >= 0.6 is 0 Å². The molecule has 0 unspecified atom stereocenters. The van der Waals surface area contributed by atoms with Crippen molar-refractivity contribution in [2.75, 3.05) is 19.5 Å². The number of carbonyl (C=O) groups excluding carboxylic acids is 1. The molecule has 27 heavy (non-hydrogen) atoms. The first-order chi connectivity index (χ1) is 13.2. The summed E-state index contributed by atoms with van der Waals surface area (Å²) in [5.74, 6) is 1.45. The molecule has 0 fully saturated rings. The number of amides is 1. The molecule has 0 aliphatic carbocycles. The maximum atomic E-state index is 12.5. The van der Waals surface area contributed by atoms with Gasteiger partial charge in [-0.2, -0.15) is 5.10 Å². The number of hydrogen-bond donors (Lipinski definition) is 1. The quantitative estimate of drug-likeness (QED) is 0.663. The minimum Gasteiger partial charge on any atom is -0.497 e. The molecule has 0 aliphatic heterocycles. The standard InChI is InChI=1S/C21H23N3O3/c1-26-18-9-10-20(27-2)16(14-18)8-11-21(25)23-19-7-4-3-6-17(19)15-24-13-5-12-22-24/h3-7,9-10,12-14H,8,11,15H2,1-2H3,(H,23,25). The number of nitrogens with one attached hydrogen (secondary N) is 1. The summed E-state index contributed by atoms with van der Waals surface area (Å²) in [6.07, 6.45) is 4.55. The summed E-state index contributed by atoms with van der Waals surface area (Å²) in [5, 5.41) is 7.23. The van der Waals surface area contributed by atoms with Gasteiger partial charge in [-0.05, 0) is 47.9 Å². The van der Waals surface area contributed by atoms with Crippen molar-refractivity contribution < 1.29 is 14.3 Å². The predicted molar refractivity (Wildman–Crippen MR) is 104 cm³/mol. The molecular formula is C21H23N3O3. The Morgan fingerprint density at radius 1 is 1.07 bits per heavy atom. The lowest BCUT2D eigenvalue weighted by atomic mass is 10.1. The van der Waals surface area contributed by atoms with Crippen LogP contribution in [0.1, 0.15) is 17.5 Å². The summed E-state index contributed by atoms with van der Waals surface area (Å²) >= 11 is 0. The van der Waals surface area contributed by atoms with Crippen molar-refractivity contribution >= 4 is 11.6 Å². The van der Waals surface area contributed by atoms with E-state index in [1.165, 1.54) is 0 Å². The number of rotatable bonds is 8. The first-order valence-corrected chi connectivity index (χ1v) is 8.75. The smallest absolute Gasteiger partial charge is 0.224 e. The van der Waals surface area contributed by atoms with Gasteiger partial charge < -0.3 is 14.8 Å². The number of aryl methyl sites for hydroxylation is 1. The van der Waals surface area contributed by atoms with Crippen molar-refractivity contribution in [1.82, 2.24) is 9.78 Å². The maximum Gasteiger partial charge on any atom is 0.224 e. The first kappa shape index (κ1) is 18.5. The molecule has 0 aliphatic rings. The molecule has 1 N–H and O–H groups in total. The van der Waals surface area contributed by atoms with Crippen molar-refractivity contribution in [2.24, 2.45) is 0 Å². The summed E-state index contributed by atoms with van der Waals surface area (Å²) in [6.45, 7) is 0.604. The summed E-state index contributed by atoms with van der Waals surface area (Å²) in [5.41, 5.74) is 2.75. The Hall–Kier alpha value is -3.28. The Bertz CT molecular complexity index is 891. The molecular weight excluding hydrogens is 342 g/mol. The fourth-order valence-electron chi connectivity index (χ4n) is 2.89. The molecule has 0 spiro atoms. The Morgan fingerprint density at radius 2 is 1.93 bits per heavy atom. The predicted octanol–water partition coefficient (Wildman–Crippen LogP) is 3.52. The lowest BCUT2D eigenvalue weighted by Crippen LogP contribution is -2.15. The van der Waals surface area contributed by atoms with Crippen molar-refractivity contribution in [3.05, 3.63) is 72.1 Å². The number of ether oxygens (including phenoxy) is 2. The van der Waals surface area contributed by atoms with Crippen LogP contribution in [0.25, 0.3) is 0 Å². The van der Waals surface area contributed by atoms with Crippen LogP contribution in [0.15, 0.2) is 60.9 Å². The van der Waals surface area contributed by atoms with E-state index in [4.69, 9.17) is 9.47 Å². The molecule has 6 nitrogen and oxygen atoms in total. The number of aromatic nitrogens is 2. The number of anilines is 1. The van der Waals surface area contributed by atoms with Gasteiger partial charge in [0, 0.05) is 24.5 Å². The van der Waals surface area contributed by atoms with Crippen LogP contribution in [0.4, 0.5) is 5.69 Å². The fourth-order valence-corrected chi connectivity index (χ4v) is 2.89. The van der Waals surface area contributed by atoms with E-state index in [-0.39, 0.29) is 5.91 Å². The highest BCUT2D eigenvalue weighted by Crippen LogP contribution is 2.25. The molecule has 6 heteroatoms. The highest BCUT2D eigenvalue weighted by atomic mass is 16.5. The van der Waals surface area contributed by atoms with Gasteiger partial charge in [-0.15, -0.1) is 0 Å². The summed E-state index contributed by atoms with van der Waals surface area (Å²) in [7, 11) is 3.24. The van der Waals surface area contributed by atoms with E-state index in [9.17, 15) is 4.79 Å². The van der Waals surface area contributed by atoms with E-state index >= 15 is 0 Å². The van der Waals surface area contributed by atoms with Crippen molar-refractivity contribution in [1.29, 1.82) is 0 Å². The fraction of sp³-hybridized carbons (Fsp3) is 0.238. The van der Waals surface area contributed by atoms with Crippen LogP contribution in [0.3, 0.4) is 0 Å². The largest absolute Gasteiger partial charge is 0.497 e. The highest BCUT2D eigenvalue weighted by Gasteiger charge is 2.10. The second-order valence-corrected chi connectivity index (χ2v) is 6.09. The minimum atomic E-state index is -0.0483. The normalized spacial score (nSPS) is 10.4. The lowest BCUT2D eigenvalue weighted by molar-refractivity contribution is -0.116. The third kappa shape index (κ3) is 4.88. The zero-order chi connectivity index (χ0) is 19.1. The average Bonchev–Trinajstić information content (AvgIpc) is 3.20. The number of benzene rings is 2. The zero-order valence-electron chi connectivity index (χ0n) is 15.5. The monoisotopic (exact) mass is 365 g/mol. The molecule has 3 aromatic rings. The van der Waals surface area contributed by atoms with Gasteiger partial charge >= 0.3 is 0 Å². The second kappa shape index (κ2) is 8.89. The summed E-state index contributed by atoms with van der Waals surface area (Å²) in [4.78, 5) is 12.5. The third-order valence-electron chi connectivity index (χ3n) is 4.29. The molecule has 0 saturated carbocycles. The van der Waals surface area contributed by atoms with E-state index < -0.39 is 0 Å². The molecule has 0 radical (unpaired) electrons. The second-order valence-electron chi connectivity index (χ2n) is 6.09. The molecule has 1 amide bonds. The van der Waals surface area contributed by atoms with Gasteiger partial charge in [0.15, 0.2) is 0 Å². The van der Waals surface area contributed by atoms with Crippen molar-refractivity contribution in [2.45, 2.75) is 19.4 Å². The zero-order valence-corrected chi connectivity index (χ0v) is 15.5. The van der Waals surface area contributed by atoms with Gasteiger partial charge in [0.1, 0.15) is 11.5 Å². The molecule has 2 aromatic carbocycles. The topological polar surface area (TPSA) is 65.4 Å². The summed E-state index contributed by atoms with van der Waals surface area (Å²) < 4.78 is 12.5. The van der Waals surface area contributed by atoms with Crippen LogP contribution in [0.2, 0.25) is 0 Å². The van der Waals surface area contributed by atoms with Gasteiger partial charge in [0.05, 0.1) is 20.8 Å². The molecule has 1 heterocycles. The minimum absolute atomic E-state index is 0.0483. The average molecular weight is 365 g/mol. The van der Waals surface area contributed by atoms with Crippen molar-refractivity contribution in [3.8, 4) is 11.5 Å². The molecule has 3 rings (SSSR count). The molecule has 0 atom stereocenters. The Kier molecular flexibility index (Phi) is 6.10. The number of hydrogen-bond acceptors (Lipinski definition) is 4. The van der Waals surface area contributed by atoms with Crippen LogP contribution in [-0.2, 0) is 17.8 Å². The van der Waals surface area contributed by atoms with Crippen molar-refractivity contribution in [3.63, 3.8) is 0 Å². The van der Waals surface area contributed by atoms with Gasteiger partial charge in [-0.25, -0.2) is 0 Å². The Balaban J connectivity index is 1.65. The molecule has 1 aromatic heterocycles. The van der Waals surface area contributed by atoms with Crippen LogP contribution < -0.4 is 14.8 Å². The summed E-state index contributed by atoms with van der Waals surface area (Å²) in [6, 6.07) is 15.2. The first-order valence-electron chi connectivity index (χ1n) is 8.75. The Morgan fingerprint density at radius 3 is 2.67 bits per heavy atom. The molecule has 0 saturated heterocycles. The molecule has 140 valence electrons. The van der Waals surface area contributed by atoms with E-state index in [0.717, 1.165) is 28.3 Å². The number of carbonyl (C=O) groups is 1. The van der Waals surface area contributed by atoms with Crippen LogP contribution in [0.5, 0.6) is 11.5 Å². The van der Waals surface area contributed by atoms with Gasteiger partial charge in [0.2, 0.25) is 5.91 Å². The van der Waals surface area contributed by atoms with E-state index in [0.29, 0.717) is 19.4 Å². The van der Waals surface area contributed by atoms with E-state index in [2.05, 4.69) is 10.4 Å². The lowest BCUT2D eigenvalue weighted by Gasteiger charge is -2.13. The number of para-hydroxylation sites is 1. The van der Waals surface area contributed by atoms with Crippen LogP contribution in [-0.4, -0.2) is 29.9 Å². The van der Waals surface area contributed by atoms with Gasteiger partial charge in [-0.1, -0.05) is 18.2 Å². The van der Waals surface area contributed by atoms with Crippen LogP contribution in [0, 0.1) is 0 Å². The van der Waals surface area contributed by atoms with E-state index in [1.807, 2.05) is 59.4 Å². The maximum absolute atomic E-state index is 12.5. The van der Waals surface area contributed by atoms with E-state index in [1.54, 1.807) is 20.4 Å². The van der Waals surface area contributed by atoms with Gasteiger partial charge in [-0.3, -0.25) is 9.48 Å². The number of nitrogens with zero attached hydrogens (tertiary/aromatic N) is 2. The SMILES string of the molecule is COc1ccc(OC)c(CCC(=O)Nc2ccccc2Cn2cccn2)c1. The van der Waals surface area contributed by atoms with Gasteiger partial charge in [0.25, 0.3) is 0 Å². The number of methoxy groups -OCH3 is 2. The Labute approximate surface area is 158 Å². The highest BCUT2D eigenvalue weighted by molar-refractivity contribution is 5.91.